The van der Waals surface area contributed by atoms with E-state index in [9.17, 15) is 4.79 Å². The van der Waals surface area contributed by atoms with Gasteiger partial charge < -0.3 is 24.7 Å². The summed E-state index contributed by atoms with van der Waals surface area (Å²) < 4.78 is 6.31. The molecule has 0 aliphatic carbocycles. The van der Waals surface area contributed by atoms with Crippen molar-refractivity contribution in [2.24, 2.45) is 17.8 Å². The van der Waals surface area contributed by atoms with Crippen molar-refractivity contribution in [3.05, 3.63) is 72.9 Å². The van der Waals surface area contributed by atoms with Crippen LogP contribution in [0.3, 0.4) is 0 Å². The standard InChI is InChI=1S/C39H73NO2.C33H62.C7H17NO.C5H11BrO.BrH/c1-6-9-12-15-18-21-24-27-32-37(33-28-25-22-19-16-13-10-7-2)38(34-29-26-23-20-17-14-11-8-3)42-39(41)35-30-31-36-40(4)5;1-5-8-11-14-17-20-23-26-29-32(4)33(30-27-24-21-18-15-12-9-6-2)31-28-25-22-19-16-13-10-7-3;1-8(2)6-4-3-5-7-9;6-4-2-1-3-5-7;/h18-23,37-38H,6-17,24-36H2,1-5H3;17-22,32-33H,5-16,23-31H2,1-4H3;9H,3-7H2,1-2H3;7H,1-5H2;1H/b21-18-,22-19-,23-20-;20-17-,21-18-,22-19-;;;. The first-order chi connectivity index (χ1) is 44.5. The molecule has 8 heteroatoms. The Labute approximate surface area is 597 Å². The number of unbranched alkanes of at least 4 members (excludes halogenated alkanes) is 29. The minimum absolute atomic E-state index is 0. The van der Waals surface area contributed by atoms with Gasteiger partial charge in [0.25, 0.3) is 0 Å². The Morgan fingerprint density at radius 1 is 0.348 bits per heavy atom. The van der Waals surface area contributed by atoms with Crippen LogP contribution in [0.2, 0.25) is 0 Å². The maximum Gasteiger partial charge on any atom is 0.306 e. The molecule has 0 radical (unpaired) electrons. The Kier molecular flexibility index (Phi) is 96.9. The maximum absolute atomic E-state index is 13.0. The predicted octanol–water partition coefficient (Wildman–Crippen LogP) is 27.2. The third kappa shape index (κ3) is 88.7. The Morgan fingerprint density at radius 3 is 0.913 bits per heavy atom. The largest absolute Gasteiger partial charge is 0.462 e. The Balaban J connectivity index is -0.000000444. The molecule has 548 valence electrons. The number of carbonyl (C=O) groups is 1. The fourth-order valence-corrected chi connectivity index (χ4v) is 11.8. The second-order valence-electron chi connectivity index (χ2n) is 27.2. The first-order valence-corrected chi connectivity index (χ1v) is 40.8. The normalized spacial score (nSPS) is 12.5. The highest BCUT2D eigenvalue weighted by atomic mass is 79.9. The van der Waals surface area contributed by atoms with Crippen molar-refractivity contribution < 1.29 is 19.7 Å². The molecule has 0 rings (SSSR count). The summed E-state index contributed by atoms with van der Waals surface area (Å²) in [6, 6.07) is 0. The van der Waals surface area contributed by atoms with E-state index < -0.39 is 0 Å². The predicted molar refractivity (Wildman–Crippen MR) is 426 cm³/mol. The third-order valence-electron chi connectivity index (χ3n) is 17.4. The highest BCUT2D eigenvalue weighted by Crippen LogP contribution is 2.30. The quantitative estimate of drug-likeness (QED) is 0.0274. The van der Waals surface area contributed by atoms with Crippen LogP contribution in [0.1, 0.15) is 376 Å². The lowest BCUT2D eigenvalue weighted by molar-refractivity contribution is -0.153. The molecule has 0 amide bonds. The summed E-state index contributed by atoms with van der Waals surface area (Å²) in [5.41, 5.74) is 0. The summed E-state index contributed by atoms with van der Waals surface area (Å²) in [5.74, 6) is 2.28. The first-order valence-electron chi connectivity index (χ1n) is 39.7. The number of ether oxygens (including phenoxy) is 1. The molecule has 0 bridgehead atoms. The number of halogens is 2. The highest BCUT2D eigenvalue weighted by molar-refractivity contribution is 9.09. The van der Waals surface area contributed by atoms with Crippen LogP contribution in [0.15, 0.2) is 72.9 Å². The lowest BCUT2D eigenvalue weighted by atomic mass is 9.82. The van der Waals surface area contributed by atoms with E-state index in [2.05, 4.69) is 175 Å². The van der Waals surface area contributed by atoms with Gasteiger partial charge in [0, 0.05) is 25.0 Å². The monoisotopic (exact) mass is 1420 g/mol. The van der Waals surface area contributed by atoms with E-state index in [-0.39, 0.29) is 29.1 Å². The van der Waals surface area contributed by atoms with Gasteiger partial charge in [0.1, 0.15) is 6.10 Å². The molecule has 2 atom stereocenters. The van der Waals surface area contributed by atoms with E-state index in [0.717, 1.165) is 114 Å². The van der Waals surface area contributed by atoms with Gasteiger partial charge in [-0.2, -0.15) is 0 Å². The van der Waals surface area contributed by atoms with Gasteiger partial charge >= 0.3 is 5.97 Å². The van der Waals surface area contributed by atoms with Crippen molar-refractivity contribution in [2.45, 2.75) is 382 Å². The number of nitrogens with zero attached hydrogens (tertiary/aromatic N) is 2. The van der Waals surface area contributed by atoms with Crippen LogP contribution in [0.5, 0.6) is 0 Å². The first kappa shape index (κ1) is 99.4. The van der Waals surface area contributed by atoms with E-state index in [1.807, 2.05) is 0 Å². The van der Waals surface area contributed by atoms with Gasteiger partial charge in [0.05, 0.1) is 0 Å². The summed E-state index contributed by atoms with van der Waals surface area (Å²) in [4.78, 5) is 17.3. The second kappa shape index (κ2) is 89.7. The van der Waals surface area contributed by atoms with Gasteiger partial charge in [-0.1, -0.05) is 227 Å². The van der Waals surface area contributed by atoms with E-state index in [0.29, 0.717) is 25.6 Å². The van der Waals surface area contributed by atoms with Crippen molar-refractivity contribution in [2.75, 3.05) is 59.8 Å². The van der Waals surface area contributed by atoms with Gasteiger partial charge in [-0.05, 0) is 290 Å². The molecular weight excluding hydrogens is 1260 g/mol. The summed E-state index contributed by atoms with van der Waals surface area (Å²) in [6.07, 6.45) is 91.9. The summed E-state index contributed by atoms with van der Waals surface area (Å²) in [6.45, 7) is 19.0. The third-order valence-corrected chi connectivity index (χ3v) is 18.0. The van der Waals surface area contributed by atoms with Gasteiger partial charge in [0.15, 0.2) is 0 Å². The average Bonchev–Trinajstić information content (AvgIpc) is 2.33. The summed E-state index contributed by atoms with van der Waals surface area (Å²) >= 11 is 3.30. The molecular formula is C84H164Br2N2O4. The van der Waals surface area contributed by atoms with Crippen LogP contribution in [-0.4, -0.2) is 91.9 Å². The highest BCUT2D eigenvalue weighted by Gasteiger charge is 2.24. The molecule has 92 heavy (non-hydrogen) atoms. The number of rotatable bonds is 65. The molecule has 0 aliphatic heterocycles. The lowest BCUT2D eigenvalue weighted by Crippen LogP contribution is -2.27. The van der Waals surface area contributed by atoms with Crippen molar-refractivity contribution in [3.8, 4) is 0 Å². The molecule has 2 N–H and O–H groups in total. The fourth-order valence-electron chi connectivity index (χ4n) is 11.4. The SMILES string of the molecule is Br.CCCCC/C=C\CCCC(C)C(CCC/C=C\CCCCC)CCC/C=C\CCCCC.CCCCC/C=C\CCCC(CCC/C=C\CCCCC)C(CCC/C=C\CCCCC)OC(=O)CCCCN(C)C.CN(C)CCCCCO.OCCCCCBr. The van der Waals surface area contributed by atoms with E-state index >= 15 is 0 Å². The zero-order valence-electron chi connectivity index (χ0n) is 63.7. The molecule has 6 nitrogen and oxygen atoms in total. The molecule has 0 aromatic heterocycles. The number of esters is 1. The zero-order chi connectivity index (χ0) is 67.8. The zero-order valence-corrected chi connectivity index (χ0v) is 67.0. The lowest BCUT2D eigenvalue weighted by Gasteiger charge is -2.27. The number of aliphatic hydroxyl groups is 2. The molecule has 0 fully saturated rings. The molecule has 0 spiro atoms. The van der Waals surface area contributed by atoms with Gasteiger partial charge in [-0.15, -0.1) is 17.0 Å². The number of allylic oxidation sites excluding steroid dienone is 12. The van der Waals surface area contributed by atoms with Gasteiger partial charge in [-0.3, -0.25) is 4.79 Å². The molecule has 0 heterocycles. The van der Waals surface area contributed by atoms with E-state index in [4.69, 9.17) is 14.9 Å². The Morgan fingerprint density at radius 2 is 0.620 bits per heavy atom. The second-order valence-corrected chi connectivity index (χ2v) is 28.0. The molecule has 2 unspecified atom stereocenters. The van der Waals surface area contributed by atoms with Gasteiger partial charge in [-0.25, -0.2) is 0 Å². The number of hydrogen-bond donors (Lipinski definition) is 2. The van der Waals surface area contributed by atoms with Crippen LogP contribution >= 0.6 is 32.9 Å². The minimum Gasteiger partial charge on any atom is -0.462 e. The molecule has 0 aromatic rings. The number of aliphatic hydroxyl groups excluding tert-OH is 2. The molecule has 0 aromatic carbocycles. The van der Waals surface area contributed by atoms with Crippen molar-refractivity contribution in [3.63, 3.8) is 0 Å². The fraction of sp³-hybridized carbons (Fsp3) is 0.845. The van der Waals surface area contributed by atoms with Crippen LogP contribution in [0.25, 0.3) is 0 Å². The molecule has 0 saturated heterocycles. The molecule has 0 aliphatic rings. The summed E-state index contributed by atoms with van der Waals surface area (Å²) in [7, 11) is 8.33. The Bertz CT molecular complexity index is 1470. The average molecular weight is 1430 g/mol. The minimum atomic E-state index is 0. The van der Waals surface area contributed by atoms with Crippen LogP contribution in [-0.2, 0) is 9.53 Å². The van der Waals surface area contributed by atoms with Crippen molar-refractivity contribution in [1.82, 2.24) is 9.80 Å². The summed E-state index contributed by atoms with van der Waals surface area (Å²) in [5, 5.41) is 17.8. The van der Waals surface area contributed by atoms with Gasteiger partial charge in [0.2, 0.25) is 0 Å². The molecule has 0 saturated carbocycles. The Hall–Kier alpha value is -1.29. The van der Waals surface area contributed by atoms with Crippen LogP contribution in [0, 0.1) is 17.8 Å². The van der Waals surface area contributed by atoms with Crippen LogP contribution < -0.4 is 0 Å². The number of alkyl halides is 1. The van der Waals surface area contributed by atoms with Crippen LogP contribution in [0.4, 0.5) is 0 Å². The topological polar surface area (TPSA) is 73.2 Å². The number of carbonyl (C=O) groups excluding carboxylic acids is 1. The van der Waals surface area contributed by atoms with Crippen molar-refractivity contribution >= 4 is 38.9 Å². The van der Waals surface area contributed by atoms with E-state index in [1.54, 1.807) is 0 Å². The van der Waals surface area contributed by atoms with E-state index in [1.165, 1.54) is 238 Å². The van der Waals surface area contributed by atoms with Crippen molar-refractivity contribution in [1.29, 1.82) is 0 Å². The maximum atomic E-state index is 13.0. The smallest absolute Gasteiger partial charge is 0.306 e. The number of hydrogen-bond acceptors (Lipinski definition) is 6.